The van der Waals surface area contributed by atoms with Crippen molar-refractivity contribution in [3.8, 4) is 0 Å². The third-order valence-corrected chi connectivity index (χ3v) is 1.40. The van der Waals surface area contributed by atoms with Gasteiger partial charge < -0.3 is 9.67 Å². The summed E-state index contributed by atoms with van der Waals surface area (Å²) in [5.41, 5.74) is 0.890. The Bertz CT molecular complexity index is 282. The van der Waals surface area contributed by atoms with Gasteiger partial charge in [0.05, 0.1) is 13.2 Å². The van der Waals surface area contributed by atoms with E-state index >= 15 is 0 Å². The minimum Gasteiger partial charge on any atom is -0.394 e. The van der Waals surface area contributed by atoms with Crippen molar-refractivity contribution < 1.29 is 5.11 Å². The molecule has 68 valence electrons. The van der Waals surface area contributed by atoms with E-state index in [9.17, 15) is 0 Å². The van der Waals surface area contributed by atoms with Crippen LogP contribution in [0.5, 0.6) is 0 Å². The molecule has 0 atom stereocenters. The highest BCUT2D eigenvalue weighted by molar-refractivity contribution is 14.0. The van der Waals surface area contributed by atoms with Gasteiger partial charge in [-0.25, -0.2) is 0 Å². The molecule has 0 spiro atoms. The summed E-state index contributed by atoms with van der Waals surface area (Å²) in [5, 5.41) is 8.52. The highest BCUT2D eigenvalue weighted by atomic mass is 127. The van der Waals surface area contributed by atoms with Gasteiger partial charge in [-0.15, -0.1) is 24.0 Å². The second-order valence-electron chi connectivity index (χ2n) is 2.28. The molecule has 0 bridgehead atoms. The fourth-order valence-electron chi connectivity index (χ4n) is 0.843. The van der Waals surface area contributed by atoms with Gasteiger partial charge in [0.15, 0.2) is 0 Å². The number of aliphatic hydroxyl groups excluding tert-OH is 1. The Kier molecular flexibility index (Phi) is 6.00. The molecule has 0 amide bonds. The van der Waals surface area contributed by atoms with Crippen molar-refractivity contribution in [3.05, 3.63) is 29.9 Å². The third-order valence-electron chi connectivity index (χ3n) is 1.40. The molecule has 1 aromatic heterocycles. The van der Waals surface area contributed by atoms with E-state index in [2.05, 4.69) is 4.99 Å². The van der Waals surface area contributed by atoms with Gasteiger partial charge in [0, 0.05) is 13.2 Å². The van der Waals surface area contributed by atoms with Crippen LogP contribution in [0.2, 0.25) is 0 Å². The lowest BCUT2D eigenvalue weighted by Gasteiger charge is -1.96. The molecule has 0 aliphatic heterocycles. The summed E-state index contributed by atoms with van der Waals surface area (Å²) in [5.74, 6) is 0. The maximum Gasteiger partial charge on any atom is 0.127 e. The SMILES string of the molecule is Cn1ccccc1=NCCO.I. The van der Waals surface area contributed by atoms with Gasteiger partial charge in [-0.05, 0) is 12.1 Å². The maximum atomic E-state index is 8.52. The normalized spacial score (nSPS) is 11.0. The van der Waals surface area contributed by atoms with E-state index in [0.717, 1.165) is 5.49 Å². The molecule has 0 aliphatic rings. The minimum atomic E-state index is 0. The molecule has 0 saturated carbocycles. The van der Waals surface area contributed by atoms with E-state index < -0.39 is 0 Å². The highest BCUT2D eigenvalue weighted by Crippen LogP contribution is 1.76. The number of aryl methyl sites for hydroxylation is 1. The predicted octanol–water partition coefficient (Wildman–Crippen LogP) is 0.536. The molecule has 3 nitrogen and oxygen atoms in total. The average molecular weight is 280 g/mol. The number of aromatic nitrogens is 1. The van der Waals surface area contributed by atoms with Crippen LogP contribution >= 0.6 is 24.0 Å². The first-order valence-electron chi connectivity index (χ1n) is 3.57. The van der Waals surface area contributed by atoms with E-state index in [-0.39, 0.29) is 30.6 Å². The average Bonchev–Trinajstić information content (AvgIpc) is 2.03. The molecule has 0 fully saturated rings. The summed E-state index contributed by atoms with van der Waals surface area (Å²) in [7, 11) is 1.93. The van der Waals surface area contributed by atoms with Gasteiger partial charge in [-0.1, -0.05) is 6.07 Å². The Hall–Kier alpha value is -0.360. The minimum absolute atomic E-state index is 0. The lowest BCUT2D eigenvalue weighted by Crippen LogP contribution is -2.16. The summed E-state index contributed by atoms with van der Waals surface area (Å²) in [6.07, 6.45) is 1.93. The van der Waals surface area contributed by atoms with E-state index in [4.69, 9.17) is 5.11 Å². The van der Waals surface area contributed by atoms with Crippen LogP contribution in [0.15, 0.2) is 29.4 Å². The molecule has 1 N–H and O–H groups in total. The Morgan fingerprint density at radius 3 is 2.83 bits per heavy atom. The maximum absolute atomic E-state index is 8.52. The summed E-state index contributed by atoms with van der Waals surface area (Å²) < 4.78 is 1.91. The number of nitrogens with zero attached hydrogens (tertiary/aromatic N) is 2. The van der Waals surface area contributed by atoms with Crippen LogP contribution in [0.3, 0.4) is 0 Å². The van der Waals surface area contributed by atoms with Gasteiger partial charge in [0.1, 0.15) is 5.49 Å². The van der Waals surface area contributed by atoms with Gasteiger partial charge in [0.2, 0.25) is 0 Å². The fraction of sp³-hybridized carbons (Fsp3) is 0.375. The second kappa shape index (κ2) is 6.19. The van der Waals surface area contributed by atoms with Crippen molar-refractivity contribution >= 4 is 24.0 Å². The lowest BCUT2D eigenvalue weighted by molar-refractivity contribution is 0.305. The van der Waals surface area contributed by atoms with Crippen molar-refractivity contribution in [2.45, 2.75) is 0 Å². The predicted molar refractivity (Wildman–Crippen MR) is 58.3 cm³/mol. The van der Waals surface area contributed by atoms with Crippen LogP contribution in [0, 0.1) is 0 Å². The largest absolute Gasteiger partial charge is 0.394 e. The molecule has 4 heteroatoms. The third kappa shape index (κ3) is 3.36. The zero-order chi connectivity index (χ0) is 8.10. The van der Waals surface area contributed by atoms with Crippen LogP contribution in [-0.4, -0.2) is 22.8 Å². The Morgan fingerprint density at radius 1 is 1.50 bits per heavy atom. The summed E-state index contributed by atoms with van der Waals surface area (Å²) >= 11 is 0. The quantitative estimate of drug-likeness (QED) is 0.789. The van der Waals surface area contributed by atoms with Crippen LogP contribution < -0.4 is 5.49 Å². The van der Waals surface area contributed by atoms with Crippen molar-refractivity contribution in [1.29, 1.82) is 0 Å². The molecule has 0 unspecified atom stereocenters. The summed E-state index contributed by atoms with van der Waals surface area (Å²) in [6, 6.07) is 5.78. The molecular formula is C8H13IN2O. The molecular weight excluding hydrogens is 267 g/mol. The molecule has 1 rings (SSSR count). The summed E-state index contributed by atoms with van der Waals surface area (Å²) in [4.78, 5) is 4.14. The van der Waals surface area contributed by atoms with Crippen molar-refractivity contribution in [3.63, 3.8) is 0 Å². The molecule has 1 aromatic rings. The van der Waals surface area contributed by atoms with Gasteiger partial charge in [-0.3, -0.25) is 4.99 Å². The molecule has 0 aliphatic carbocycles. The van der Waals surface area contributed by atoms with Crippen LogP contribution in [0.4, 0.5) is 0 Å². The molecule has 1 heterocycles. The highest BCUT2D eigenvalue weighted by Gasteiger charge is 1.82. The first kappa shape index (κ1) is 11.6. The Labute approximate surface area is 88.8 Å². The number of halogens is 1. The Morgan fingerprint density at radius 2 is 2.25 bits per heavy atom. The smallest absolute Gasteiger partial charge is 0.127 e. The topological polar surface area (TPSA) is 37.5 Å². The number of pyridine rings is 1. The number of hydrogen-bond acceptors (Lipinski definition) is 2. The molecule has 12 heavy (non-hydrogen) atoms. The standard InChI is InChI=1S/C8H12N2O.HI/c1-10-6-3-2-4-8(10)9-5-7-11;/h2-4,6,11H,5,7H2,1H3;1H. The van der Waals surface area contributed by atoms with Crippen LogP contribution in [0.25, 0.3) is 0 Å². The zero-order valence-corrected chi connectivity index (χ0v) is 9.30. The van der Waals surface area contributed by atoms with Gasteiger partial charge in [-0.2, -0.15) is 0 Å². The molecule has 0 saturated heterocycles. The first-order chi connectivity index (χ1) is 5.34. The van der Waals surface area contributed by atoms with Crippen LogP contribution in [0.1, 0.15) is 0 Å². The Balaban J connectivity index is 0.00000121. The lowest BCUT2D eigenvalue weighted by atomic mass is 10.5. The second-order valence-corrected chi connectivity index (χ2v) is 2.28. The molecule has 0 aromatic carbocycles. The van der Waals surface area contributed by atoms with Crippen molar-refractivity contribution in [1.82, 2.24) is 4.57 Å². The fourth-order valence-corrected chi connectivity index (χ4v) is 0.843. The number of aliphatic hydroxyl groups is 1. The van der Waals surface area contributed by atoms with E-state index in [0.29, 0.717) is 6.54 Å². The van der Waals surface area contributed by atoms with Crippen molar-refractivity contribution in [2.24, 2.45) is 12.0 Å². The van der Waals surface area contributed by atoms with Crippen molar-refractivity contribution in [2.75, 3.05) is 13.2 Å². The monoisotopic (exact) mass is 280 g/mol. The molecule has 0 radical (unpaired) electrons. The van der Waals surface area contributed by atoms with E-state index in [1.54, 1.807) is 0 Å². The first-order valence-corrected chi connectivity index (χ1v) is 3.57. The number of rotatable bonds is 2. The van der Waals surface area contributed by atoms with Crippen LogP contribution in [-0.2, 0) is 7.05 Å². The van der Waals surface area contributed by atoms with E-state index in [1.807, 2.05) is 36.0 Å². The van der Waals surface area contributed by atoms with Gasteiger partial charge in [0.25, 0.3) is 0 Å². The summed E-state index contributed by atoms with van der Waals surface area (Å²) in [6.45, 7) is 0.576. The van der Waals surface area contributed by atoms with Gasteiger partial charge >= 0.3 is 0 Å². The number of hydrogen-bond donors (Lipinski definition) is 1. The zero-order valence-electron chi connectivity index (χ0n) is 6.97. The van der Waals surface area contributed by atoms with E-state index in [1.165, 1.54) is 0 Å².